The number of nitrogens with zero attached hydrogens (tertiary/aromatic N) is 2. The van der Waals surface area contributed by atoms with E-state index >= 15 is 0 Å². The Hall–Kier alpha value is -2.51. The van der Waals surface area contributed by atoms with Gasteiger partial charge in [0.2, 0.25) is 0 Å². The fourth-order valence-electron chi connectivity index (χ4n) is 3.14. The van der Waals surface area contributed by atoms with Gasteiger partial charge in [0.1, 0.15) is 10.7 Å². The number of carbonyl (C=O) groups is 2. The lowest BCUT2D eigenvalue weighted by atomic mass is 10.0. The van der Waals surface area contributed by atoms with Crippen molar-refractivity contribution in [2.45, 2.75) is 18.9 Å². The number of benzene rings is 1. The molecule has 0 saturated carbocycles. The zero-order valence-electron chi connectivity index (χ0n) is 14.6. The third-order valence-electron chi connectivity index (χ3n) is 4.64. The first-order valence-electron chi connectivity index (χ1n) is 8.84. The number of piperidine rings is 1. The molecule has 1 saturated heterocycles. The smallest absolute Gasteiger partial charge is 0.273 e. The van der Waals surface area contributed by atoms with Crippen LogP contribution >= 0.6 is 22.7 Å². The SMILES string of the molecule is O=C(NC1CCN(C(=O)c2csc(-c3ccsc3)n2)CC1)c1ccccc1. The fraction of sp³-hybridized carbons (Fsp3) is 0.250. The maximum atomic E-state index is 12.7. The molecule has 4 rings (SSSR count). The average Bonchev–Trinajstić information content (AvgIpc) is 3.40. The molecule has 0 atom stereocenters. The molecule has 0 unspecified atom stereocenters. The fourth-order valence-corrected chi connectivity index (χ4v) is 4.64. The van der Waals surface area contributed by atoms with Crippen LogP contribution in [-0.2, 0) is 0 Å². The molecule has 0 bridgehead atoms. The van der Waals surface area contributed by atoms with Gasteiger partial charge < -0.3 is 10.2 Å². The van der Waals surface area contributed by atoms with Crippen molar-refractivity contribution in [2.75, 3.05) is 13.1 Å². The van der Waals surface area contributed by atoms with E-state index in [1.165, 1.54) is 11.3 Å². The van der Waals surface area contributed by atoms with Gasteiger partial charge in [-0.2, -0.15) is 11.3 Å². The highest BCUT2D eigenvalue weighted by molar-refractivity contribution is 7.14. The highest BCUT2D eigenvalue weighted by atomic mass is 32.1. The molecule has 27 heavy (non-hydrogen) atoms. The summed E-state index contributed by atoms with van der Waals surface area (Å²) in [6.45, 7) is 1.26. The standard InChI is InChI=1S/C20H19N3O2S2/c24-18(14-4-2-1-3-5-14)21-16-6-9-23(10-7-16)20(25)17-13-27-19(22-17)15-8-11-26-12-15/h1-5,8,11-13,16H,6-7,9-10H2,(H,21,24). The third kappa shape index (κ3) is 4.09. The number of thiazole rings is 1. The Bertz CT molecular complexity index is 914. The van der Waals surface area contributed by atoms with E-state index in [9.17, 15) is 9.59 Å². The van der Waals surface area contributed by atoms with Gasteiger partial charge in [-0.1, -0.05) is 18.2 Å². The van der Waals surface area contributed by atoms with E-state index in [4.69, 9.17) is 0 Å². The van der Waals surface area contributed by atoms with Gasteiger partial charge in [-0.15, -0.1) is 11.3 Å². The van der Waals surface area contributed by atoms with Crippen LogP contribution in [0.25, 0.3) is 10.6 Å². The van der Waals surface area contributed by atoms with Crippen LogP contribution in [0.4, 0.5) is 0 Å². The van der Waals surface area contributed by atoms with Gasteiger partial charge in [-0.05, 0) is 36.4 Å². The molecular weight excluding hydrogens is 378 g/mol. The Morgan fingerprint density at radius 2 is 1.85 bits per heavy atom. The number of rotatable bonds is 4. The van der Waals surface area contributed by atoms with Crippen molar-refractivity contribution in [3.8, 4) is 10.6 Å². The molecule has 0 aliphatic carbocycles. The van der Waals surface area contributed by atoms with E-state index in [0.29, 0.717) is 24.3 Å². The molecule has 5 nitrogen and oxygen atoms in total. The van der Waals surface area contributed by atoms with Crippen molar-refractivity contribution in [3.05, 3.63) is 63.8 Å². The molecule has 1 aliphatic heterocycles. The Labute approximate surface area is 165 Å². The van der Waals surface area contributed by atoms with Gasteiger partial charge in [-0.3, -0.25) is 9.59 Å². The van der Waals surface area contributed by atoms with E-state index in [1.807, 2.05) is 45.3 Å². The zero-order valence-corrected chi connectivity index (χ0v) is 16.3. The second kappa shape index (κ2) is 8.02. The van der Waals surface area contributed by atoms with Crippen LogP contribution in [0.2, 0.25) is 0 Å². The number of thiophene rings is 1. The van der Waals surface area contributed by atoms with Crippen LogP contribution in [0.3, 0.4) is 0 Å². The molecule has 138 valence electrons. The van der Waals surface area contributed by atoms with Gasteiger partial charge in [0.25, 0.3) is 11.8 Å². The molecule has 1 aliphatic rings. The van der Waals surface area contributed by atoms with Gasteiger partial charge in [-0.25, -0.2) is 4.98 Å². The number of hydrogen-bond donors (Lipinski definition) is 1. The second-order valence-corrected chi connectivity index (χ2v) is 8.09. The monoisotopic (exact) mass is 397 g/mol. The quantitative estimate of drug-likeness (QED) is 0.726. The van der Waals surface area contributed by atoms with Crippen LogP contribution in [-0.4, -0.2) is 40.8 Å². The Balaban J connectivity index is 1.32. The van der Waals surface area contributed by atoms with Crippen molar-refractivity contribution in [1.82, 2.24) is 15.2 Å². The van der Waals surface area contributed by atoms with Gasteiger partial charge in [0, 0.05) is 41.0 Å². The summed E-state index contributed by atoms with van der Waals surface area (Å²) in [4.78, 5) is 31.3. The minimum Gasteiger partial charge on any atom is -0.349 e. The summed E-state index contributed by atoms with van der Waals surface area (Å²) in [5, 5.41) is 9.82. The minimum atomic E-state index is -0.0553. The predicted octanol–water partition coefficient (Wildman–Crippen LogP) is 3.91. The summed E-state index contributed by atoms with van der Waals surface area (Å²) in [6.07, 6.45) is 1.51. The molecule has 7 heteroatoms. The normalized spacial score (nSPS) is 14.9. The lowest BCUT2D eigenvalue weighted by molar-refractivity contribution is 0.0693. The van der Waals surface area contributed by atoms with E-state index < -0.39 is 0 Å². The van der Waals surface area contributed by atoms with E-state index in [0.717, 1.165) is 23.4 Å². The minimum absolute atomic E-state index is 0.0273. The summed E-state index contributed by atoms with van der Waals surface area (Å²) in [6, 6.07) is 11.3. The highest BCUT2D eigenvalue weighted by Gasteiger charge is 2.26. The molecular formula is C20H19N3O2S2. The van der Waals surface area contributed by atoms with Crippen molar-refractivity contribution in [1.29, 1.82) is 0 Å². The molecule has 2 amide bonds. The maximum absolute atomic E-state index is 12.7. The Kier molecular flexibility index (Phi) is 5.31. The lowest BCUT2D eigenvalue weighted by Gasteiger charge is -2.32. The first-order chi connectivity index (χ1) is 13.2. The first kappa shape index (κ1) is 17.9. The topological polar surface area (TPSA) is 62.3 Å². The number of amides is 2. The molecule has 1 fully saturated rings. The average molecular weight is 398 g/mol. The summed E-state index contributed by atoms with van der Waals surface area (Å²) in [5.74, 6) is -0.0825. The maximum Gasteiger partial charge on any atom is 0.273 e. The molecule has 1 aromatic carbocycles. The number of aromatic nitrogens is 1. The zero-order chi connectivity index (χ0) is 18.6. The molecule has 3 heterocycles. The van der Waals surface area contributed by atoms with Crippen LogP contribution in [0, 0.1) is 0 Å². The van der Waals surface area contributed by atoms with Crippen LogP contribution in [0.15, 0.2) is 52.5 Å². The van der Waals surface area contributed by atoms with Crippen molar-refractivity contribution < 1.29 is 9.59 Å². The summed E-state index contributed by atoms with van der Waals surface area (Å²) in [5.41, 5.74) is 2.23. The van der Waals surface area contributed by atoms with Crippen molar-refractivity contribution >= 4 is 34.5 Å². The van der Waals surface area contributed by atoms with Gasteiger partial charge >= 0.3 is 0 Å². The number of carbonyl (C=O) groups excluding carboxylic acids is 2. The Morgan fingerprint density at radius 1 is 1.07 bits per heavy atom. The summed E-state index contributed by atoms with van der Waals surface area (Å²) < 4.78 is 0. The van der Waals surface area contributed by atoms with Crippen molar-refractivity contribution in [2.24, 2.45) is 0 Å². The second-order valence-electron chi connectivity index (χ2n) is 6.46. The molecule has 0 spiro atoms. The third-order valence-corrected chi connectivity index (χ3v) is 6.22. The van der Waals surface area contributed by atoms with E-state index in [1.54, 1.807) is 23.5 Å². The van der Waals surface area contributed by atoms with Crippen molar-refractivity contribution in [3.63, 3.8) is 0 Å². The molecule has 0 radical (unpaired) electrons. The summed E-state index contributed by atoms with van der Waals surface area (Å²) in [7, 11) is 0. The Morgan fingerprint density at radius 3 is 2.56 bits per heavy atom. The van der Waals surface area contributed by atoms with E-state index in [-0.39, 0.29) is 17.9 Å². The number of likely N-dealkylation sites (tertiary alicyclic amines) is 1. The first-order valence-corrected chi connectivity index (χ1v) is 10.7. The largest absolute Gasteiger partial charge is 0.349 e. The highest BCUT2D eigenvalue weighted by Crippen LogP contribution is 2.26. The van der Waals surface area contributed by atoms with Crippen LogP contribution in [0.5, 0.6) is 0 Å². The van der Waals surface area contributed by atoms with E-state index in [2.05, 4.69) is 10.3 Å². The van der Waals surface area contributed by atoms with Gasteiger partial charge in [0.05, 0.1) is 0 Å². The molecule has 1 N–H and O–H groups in total. The lowest BCUT2D eigenvalue weighted by Crippen LogP contribution is -2.46. The number of nitrogens with one attached hydrogen (secondary N) is 1. The summed E-state index contributed by atoms with van der Waals surface area (Å²) >= 11 is 3.12. The molecule has 2 aromatic heterocycles. The van der Waals surface area contributed by atoms with Crippen LogP contribution in [0.1, 0.15) is 33.7 Å². The number of hydrogen-bond acceptors (Lipinski definition) is 5. The van der Waals surface area contributed by atoms with Crippen LogP contribution < -0.4 is 5.32 Å². The predicted molar refractivity (Wildman–Crippen MR) is 108 cm³/mol. The van der Waals surface area contributed by atoms with Gasteiger partial charge in [0.15, 0.2) is 0 Å². The molecule has 3 aromatic rings.